The van der Waals surface area contributed by atoms with Crippen LogP contribution < -0.4 is 0 Å². The Morgan fingerprint density at radius 3 is 2.74 bits per heavy atom. The van der Waals surface area contributed by atoms with Gasteiger partial charge in [-0.05, 0) is 42.3 Å². The first-order valence-electron chi connectivity index (χ1n) is 8.49. The quantitative estimate of drug-likeness (QED) is 0.248. The van der Waals surface area contributed by atoms with Gasteiger partial charge < -0.3 is 0 Å². The highest BCUT2D eigenvalue weighted by Crippen LogP contribution is 2.38. The maximum absolute atomic E-state index is 5.97. The number of benzene rings is 2. The van der Waals surface area contributed by atoms with Gasteiger partial charge in [0.25, 0.3) is 0 Å². The summed E-state index contributed by atoms with van der Waals surface area (Å²) in [5.74, 6) is 0.839. The van der Waals surface area contributed by atoms with Gasteiger partial charge in [0.2, 0.25) is 0 Å². The summed E-state index contributed by atoms with van der Waals surface area (Å²) >= 11 is 9.36. The van der Waals surface area contributed by atoms with Crippen molar-refractivity contribution in [3.05, 3.63) is 71.0 Å². The number of thioether (sulfide) groups is 1. The van der Waals surface area contributed by atoms with Gasteiger partial charge in [-0.3, -0.25) is 0 Å². The van der Waals surface area contributed by atoms with Crippen molar-refractivity contribution in [2.24, 2.45) is 0 Å². The van der Waals surface area contributed by atoms with Gasteiger partial charge in [0.1, 0.15) is 16.2 Å². The second kappa shape index (κ2) is 6.75. The van der Waals surface area contributed by atoms with E-state index in [-0.39, 0.29) is 0 Å². The third-order valence-electron chi connectivity index (χ3n) is 4.45. The standard InChI is InChI=1S/C21H14ClN3S2/c1-12-2-5-14-9-16-18-19(27-20(16)25-17(14)8-12)21(24-11-23-18)26-10-13-3-6-15(22)7-4-13/h2-9,11H,10H2,1H3. The zero-order valence-electron chi connectivity index (χ0n) is 14.4. The first-order valence-corrected chi connectivity index (χ1v) is 10.7. The van der Waals surface area contributed by atoms with Crippen molar-refractivity contribution in [3.63, 3.8) is 0 Å². The molecule has 3 aromatic heterocycles. The first-order chi connectivity index (χ1) is 13.2. The molecule has 0 aliphatic heterocycles. The fraction of sp³-hybridized carbons (Fsp3) is 0.0952. The molecule has 0 aliphatic carbocycles. The lowest BCUT2D eigenvalue weighted by Gasteiger charge is -2.02. The molecule has 5 aromatic rings. The van der Waals surface area contributed by atoms with Crippen LogP contribution in [0.15, 0.2) is 59.9 Å². The van der Waals surface area contributed by atoms with Crippen LogP contribution in [0.4, 0.5) is 0 Å². The Labute approximate surface area is 169 Å². The van der Waals surface area contributed by atoms with Crippen LogP contribution in [-0.4, -0.2) is 15.0 Å². The van der Waals surface area contributed by atoms with E-state index in [0.717, 1.165) is 47.1 Å². The fourth-order valence-electron chi connectivity index (χ4n) is 3.08. The summed E-state index contributed by atoms with van der Waals surface area (Å²) in [5.41, 5.74) is 4.45. The number of thiophene rings is 1. The minimum absolute atomic E-state index is 0.756. The lowest BCUT2D eigenvalue weighted by molar-refractivity contribution is 1.11. The van der Waals surface area contributed by atoms with Crippen LogP contribution in [0.3, 0.4) is 0 Å². The summed E-state index contributed by atoms with van der Waals surface area (Å²) in [6.07, 6.45) is 1.65. The van der Waals surface area contributed by atoms with E-state index in [9.17, 15) is 0 Å². The van der Waals surface area contributed by atoms with E-state index in [1.807, 2.05) is 12.1 Å². The second-order valence-corrected chi connectivity index (χ2v) is 8.81. The Kier molecular flexibility index (Phi) is 4.23. The van der Waals surface area contributed by atoms with Gasteiger partial charge in [0, 0.05) is 21.5 Å². The average Bonchev–Trinajstić information content (AvgIpc) is 3.04. The molecule has 0 amide bonds. The Hall–Kier alpha value is -2.21. The van der Waals surface area contributed by atoms with Crippen molar-refractivity contribution in [2.75, 3.05) is 0 Å². The molecule has 0 unspecified atom stereocenters. The molecule has 5 rings (SSSR count). The number of halogens is 1. The molecule has 0 saturated heterocycles. The first kappa shape index (κ1) is 16.9. The average molecular weight is 408 g/mol. The van der Waals surface area contributed by atoms with Crippen molar-refractivity contribution in [1.29, 1.82) is 0 Å². The van der Waals surface area contributed by atoms with Crippen LogP contribution in [0.1, 0.15) is 11.1 Å². The Bertz CT molecular complexity index is 1300. The molecule has 0 radical (unpaired) electrons. The maximum Gasteiger partial charge on any atom is 0.126 e. The van der Waals surface area contributed by atoms with Crippen molar-refractivity contribution in [2.45, 2.75) is 17.7 Å². The third kappa shape index (κ3) is 3.16. The second-order valence-electron chi connectivity index (χ2n) is 6.41. The molecule has 0 fully saturated rings. The van der Waals surface area contributed by atoms with Crippen LogP contribution in [-0.2, 0) is 5.75 Å². The van der Waals surface area contributed by atoms with E-state index in [4.69, 9.17) is 16.6 Å². The maximum atomic E-state index is 5.97. The number of nitrogens with zero attached hydrogens (tertiary/aromatic N) is 3. The predicted molar refractivity (Wildman–Crippen MR) is 116 cm³/mol. The van der Waals surface area contributed by atoms with Gasteiger partial charge in [0.05, 0.1) is 15.7 Å². The molecular weight excluding hydrogens is 394 g/mol. The van der Waals surface area contributed by atoms with E-state index >= 15 is 0 Å². The number of pyridine rings is 1. The third-order valence-corrected chi connectivity index (χ3v) is 6.99. The largest absolute Gasteiger partial charge is 0.237 e. The van der Waals surface area contributed by atoms with Gasteiger partial charge in [-0.25, -0.2) is 15.0 Å². The van der Waals surface area contributed by atoms with E-state index in [2.05, 4.69) is 53.3 Å². The number of aryl methyl sites for hydroxylation is 1. The lowest BCUT2D eigenvalue weighted by atomic mass is 10.1. The topological polar surface area (TPSA) is 38.7 Å². The molecular formula is C21H14ClN3S2. The van der Waals surface area contributed by atoms with E-state index in [0.29, 0.717) is 0 Å². The Morgan fingerprint density at radius 2 is 1.89 bits per heavy atom. The van der Waals surface area contributed by atoms with Crippen molar-refractivity contribution in [3.8, 4) is 0 Å². The minimum atomic E-state index is 0.756. The van der Waals surface area contributed by atoms with Crippen LogP contribution in [0.5, 0.6) is 0 Å². The molecule has 0 atom stereocenters. The van der Waals surface area contributed by atoms with Gasteiger partial charge >= 0.3 is 0 Å². The summed E-state index contributed by atoms with van der Waals surface area (Å²) in [6, 6.07) is 16.5. The van der Waals surface area contributed by atoms with Gasteiger partial charge in [0.15, 0.2) is 0 Å². The van der Waals surface area contributed by atoms with Crippen molar-refractivity contribution >= 4 is 66.0 Å². The van der Waals surface area contributed by atoms with E-state index in [1.165, 1.54) is 11.1 Å². The molecule has 3 nitrogen and oxygen atoms in total. The summed E-state index contributed by atoms with van der Waals surface area (Å²) in [6.45, 7) is 2.09. The smallest absolute Gasteiger partial charge is 0.126 e. The molecule has 0 saturated carbocycles. The summed E-state index contributed by atoms with van der Waals surface area (Å²) in [4.78, 5) is 15.0. The molecule has 0 bridgehead atoms. The lowest BCUT2D eigenvalue weighted by Crippen LogP contribution is -1.86. The summed E-state index contributed by atoms with van der Waals surface area (Å²) in [7, 11) is 0. The van der Waals surface area contributed by atoms with Crippen LogP contribution >= 0.6 is 34.7 Å². The fourth-order valence-corrected chi connectivity index (χ4v) is 5.36. The van der Waals surface area contributed by atoms with Crippen molar-refractivity contribution in [1.82, 2.24) is 15.0 Å². The Balaban J connectivity index is 1.59. The predicted octanol–water partition coefficient (Wildman–Crippen LogP) is 6.65. The van der Waals surface area contributed by atoms with E-state index < -0.39 is 0 Å². The van der Waals surface area contributed by atoms with Crippen LogP contribution in [0.2, 0.25) is 5.02 Å². The normalized spacial score (nSPS) is 11.6. The highest BCUT2D eigenvalue weighted by Gasteiger charge is 2.14. The number of hydrogen-bond acceptors (Lipinski definition) is 5. The van der Waals surface area contributed by atoms with Gasteiger partial charge in [-0.15, -0.1) is 23.1 Å². The van der Waals surface area contributed by atoms with Gasteiger partial charge in [-0.1, -0.05) is 35.9 Å². The molecule has 2 aromatic carbocycles. The molecule has 27 heavy (non-hydrogen) atoms. The molecule has 0 N–H and O–H groups in total. The van der Waals surface area contributed by atoms with Crippen LogP contribution in [0, 0.1) is 6.92 Å². The zero-order valence-corrected chi connectivity index (χ0v) is 16.8. The summed E-state index contributed by atoms with van der Waals surface area (Å²) in [5, 5.41) is 3.99. The highest BCUT2D eigenvalue weighted by atomic mass is 35.5. The number of fused-ring (bicyclic) bond motifs is 4. The number of aromatic nitrogens is 3. The van der Waals surface area contributed by atoms with Crippen LogP contribution in [0.25, 0.3) is 31.3 Å². The number of rotatable bonds is 3. The molecule has 132 valence electrons. The summed E-state index contributed by atoms with van der Waals surface area (Å²) < 4.78 is 1.10. The zero-order chi connectivity index (χ0) is 18.4. The number of hydrogen-bond donors (Lipinski definition) is 0. The minimum Gasteiger partial charge on any atom is -0.237 e. The molecule has 6 heteroatoms. The highest BCUT2D eigenvalue weighted by molar-refractivity contribution is 7.98. The molecule has 0 spiro atoms. The SMILES string of the molecule is Cc1ccc2cc3c(nc2c1)sc1c(SCc2ccc(Cl)cc2)ncnc13. The molecule has 3 heterocycles. The van der Waals surface area contributed by atoms with Gasteiger partial charge in [-0.2, -0.15) is 0 Å². The monoisotopic (exact) mass is 407 g/mol. The van der Waals surface area contributed by atoms with Crippen molar-refractivity contribution < 1.29 is 0 Å². The van der Waals surface area contributed by atoms with E-state index in [1.54, 1.807) is 29.4 Å². The molecule has 0 aliphatic rings. The Morgan fingerprint density at radius 1 is 1.04 bits per heavy atom.